The number of amides is 1. The van der Waals surface area contributed by atoms with Gasteiger partial charge in [-0.3, -0.25) is 4.79 Å². The summed E-state index contributed by atoms with van der Waals surface area (Å²) in [6, 6.07) is 0.120. The molecule has 2 aliphatic heterocycles. The van der Waals surface area contributed by atoms with Crippen molar-refractivity contribution < 1.29 is 9.53 Å². The van der Waals surface area contributed by atoms with Gasteiger partial charge < -0.3 is 15.8 Å². The quantitative estimate of drug-likeness (QED) is 0.755. The van der Waals surface area contributed by atoms with E-state index in [-0.39, 0.29) is 28.8 Å². The molecule has 3 fully saturated rings. The van der Waals surface area contributed by atoms with E-state index in [1.165, 1.54) is 0 Å². The molecule has 0 aromatic rings. The Morgan fingerprint density at radius 2 is 2.41 bits per heavy atom. The molecule has 2 saturated heterocycles. The second kappa shape index (κ2) is 4.14. The predicted octanol–water partition coefficient (Wildman–Crippen LogP) is 0.503. The van der Waals surface area contributed by atoms with Gasteiger partial charge in [0, 0.05) is 18.6 Å². The van der Waals surface area contributed by atoms with E-state index in [4.69, 9.17) is 10.5 Å². The van der Waals surface area contributed by atoms with Crippen molar-refractivity contribution in [2.24, 2.45) is 11.7 Å². The predicted molar refractivity (Wildman–Crippen MR) is 67.9 cm³/mol. The van der Waals surface area contributed by atoms with Crippen LogP contribution in [-0.4, -0.2) is 41.2 Å². The summed E-state index contributed by atoms with van der Waals surface area (Å²) >= 11 is 1.76. The van der Waals surface area contributed by atoms with Gasteiger partial charge >= 0.3 is 0 Å². The van der Waals surface area contributed by atoms with E-state index >= 15 is 0 Å². The molecule has 1 saturated carbocycles. The number of nitrogens with one attached hydrogen (secondary N) is 1. The van der Waals surface area contributed by atoms with Gasteiger partial charge in [0.1, 0.15) is 0 Å². The number of hydrogen-bond donors (Lipinski definition) is 2. The first-order chi connectivity index (χ1) is 8.12. The minimum absolute atomic E-state index is 0.0352. The lowest BCUT2D eigenvalue weighted by Gasteiger charge is -2.46. The molecule has 5 heteroatoms. The maximum absolute atomic E-state index is 12.3. The molecule has 3 rings (SSSR count). The molecule has 0 aromatic heterocycles. The highest BCUT2D eigenvalue weighted by Crippen LogP contribution is 2.41. The van der Waals surface area contributed by atoms with E-state index in [0.717, 1.165) is 31.6 Å². The van der Waals surface area contributed by atoms with Gasteiger partial charge in [0.15, 0.2) is 0 Å². The van der Waals surface area contributed by atoms with Crippen molar-refractivity contribution in [2.45, 2.75) is 49.1 Å². The van der Waals surface area contributed by atoms with Crippen molar-refractivity contribution in [1.29, 1.82) is 0 Å². The summed E-state index contributed by atoms with van der Waals surface area (Å²) in [5, 5.41) is 3.11. The van der Waals surface area contributed by atoms with Crippen LogP contribution < -0.4 is 11.1 Å². The van der Waals surface area contributed by atoms with E-state index < -0.39 is 0 Å². The summed E-state index contributed by atoms with van der Waals surface area (Å²) in [6.07, 6.45) is 3.32. The third kappa shape index (κ3) is 1.79. The third-order valence-electron chi connectivity index (χ3n) is 4.44. The molecule has 2 heterocycles. The number of rotatable bonds is 2. The highest BCUT2D eigenvalue weighted by molar-refractivity contribution is 8.01. The van der Waals surface area contributed by atoms with E-state index in [1.54, 1.807) is 11.8 Å². The number of ether oxygens (including phenoxy) is 1. The van der Waals surface area contributed by atoms with Crippen LogP contribution in [0.4, 0.5) is 0 Å². The highest BCUT2D eigenvalue weighted by Gasteiger charge is 2.53. The zero-order chi connectivity index (χ0) is 12.0. The molecule has 17 heavy (non-hydrogen) atoms. The van der Waals surface area contributed by atoms with E-state index in [0.29, 0.717) is 5.92 Å². The first kappa shape index (κ1) is 11.8. The van der Waals surface area contributed by atoms with Crippen molar-refractivity contribution in [3.05, 3.63) is 0 Å². The molecule has 1 amide bonds. The molecule has 96 valence electrons. The Labute approximate surface area is 106 Å². The monoisotopic (exact) mass is 256 g/mol. The topological polar surface area (TPSA) is 64.4 Å². The standard InChI is InChI=1S/C12H20N2O2S/c1-12(4-2-6-17-12)11(15)14-9-8(13)7-3-5-16-10(7)9/h7-10H,2-6,13H2,1H3,(H,14,15). The van der Waals surface area contributed by atoms with Gasteiger partial charge in [-0.1, -0.05) is 0 Å². The Hall–Kier alpha value is -0.260. The summed E-state index contributed by atoms with van der Waals surface area (Å²) in [5.74, 6) is 1.70. The molecular weight excluding hydrogens is 236 g/mol. The number of hydrogen-bond acceptors (Lipinski definition) is 4. The van der Waals surface area contributed by atoms with Crippen molar-refractivity contribution in [1.82, 2.24) is 5.32 Å². The Morgan fingerprint density at radius 3 is 3.12 bits per heavy atom. The molecule has 0 spiro atoms. The van der Waals surface area contributed by atoms with Crippen molar-refractivity contribution >= 4 is 17.7 Å². The van der Waals surface area contributed by atoms with Crippen LogP contribution in [0.1, 0.15) is 26.2 Å². The summed E-state index contributed by atoms with van der Waals surface area (Å²) in [7, 11) is 0. The minimum atomic E-state index is -0.247. The minimum Gasteiger partial charge on any atom is -0.376 e. The summed E-state index contributed by atoms with van der Waals surface area (Å²) < 4.78 is 5.38. The normalized spacial score (nSPS) is 48.6. The summed E-state index contributed by atoms with van der Waals surface area (Å²) in [6.45, 7) is 2.83. The van der Waals surface area contributed by atoms with E-state index in [1.807, 2.05) is 6.92 Å². The number of nitrogens with two attached hydrogens (primary N) is 1. The summed E-state index contributed by atoms with van der Waals surface area (Å²) in [5.41, 5.74) is 6.10. The molecule has 5 unspecified atom stereocenters. The molecule has 4 nitrogen and oxygen atoms in total. The van der Waals surface area contributed by atoms with Crippen molar-refractivity contribution in [3.8, 4) is 0 Å². The van der Waals surface area contributed by atoms with Crippen LogP contribution in [0.25, 0.3) is 0 Å². The lowest BCUT2D eigenvalue weighted by atomic mass is 9.72. The SMILES string of the molecule is CC1(C(=O)NC2C(N)C3CCOC32)CCCS1. The molecular formula is C12H20N2O2S. The van der Waals surface area contributed by atoms with Crippen molar-refractivity contribution in [3.63, 3.8) is 0 Å². The Kier molecular flexibility index (Phi) is 2.88. The molecule has 0 aromatic carbocycles. The van der Waals surface area contributed by atoms with Gasteiger partial charge in [0.2, 0.25) is 5.91 Å². The molecule has 3 N–H and O–H groups in total. The van der Waals surface area contributed by atoms with Crippen LogP contribution in [0.3, 0.4) is 0 Å². The second-order valence-corrected chi connectivity index (χ2v) is 7.15. The number of carbonyl (C=O) groups excluding carboxylic acids is 1. The molecule has 0 bridgehead atoms. The second-order valence-electron chi connectivity index (χ2n) is 5.55. The van der Waals surface area contributed by atoms with Crippen LogP contribution in [0.15, 0.2) is 0 Å². The highest BCUT2D eigenvalue weighted by atomic mass is 32.2. The average molecular weight is 256 g/mol. The maximum Gasteiger partial charge on any atom is 0.236 e. The fraction of sp³-hybridized carbons (Fsp3) is 0.917. The van der Waals surface area contributed by atoms with Crippen molar-refractivity contribution in [2.75, 3.05) is 12.4 Å². The smallest absolute Gasteiger partial charge is 0.236 e. The van der Waals surface area contributed by atoms with Crippen LogP contribution in [0.5, 0.6) is 0 Å². The average Bonchev–Trinajstić information content (AvgIpc) is 2.92. The number of carbonyl (C=O) groups is 1. The molecule has 0 radical (unpaired) electrons. The van der Waals surface area contributed by atoms with Gasteiger partial charge in [0.05, 0.1) is 16.9 Å². The number of thioether (sulfide) groups is 1. The largest absolute Gasteiger partial charge is 0.376 e. The van der Waals surface area contributed by atoms with Gasteiger partial charge in [-0.25, -0.2) is 0 Å². The van der Waals surface area contributed by atoms with Crippen LogP contribution in [0, 0.1) is 5.92 Å². The third-order valence-corrected chi connectivity index (χ3v) is 5.96. The first-order valence-corrected chi connectivity index (χ1v) is 7.42. The van der Waals surface area contributed by atoms with E-state index in [9.17, 15) is 4.79 Å². The van der Waals surface area contributed by atoms with Crippen LogP contribution >= 0.6 is 11.8 Å². The Bertz CT molecular complexity index is 330. The summed E-state index contributed by atoms with van der Waals surface area (Å²) in [4.78, 5) is 12.3. The Morgan fingerprint density at radius 1 is 1.59 bits per heavy atom. The lowest BCUT2D eigenvalue weighted by Crippen LogP contribution is -2.70. The van der Waals surface area contributed by atoms with Gasteiger partial charge in [-0.05, 0) is 31.9 Å². The zero-order valence-electron chi connectivity index (χ0n) is 10.1. The lowest BCUT2D eigenvalue weighted by molar-refractivity contribution is -0.127. The van der Waals surface area contributed by atoms with Crippen LogP contribution in [0.2, 0.25) is 0 Å². The molecule has 5 atom stereocenters. The molecule has 3 aliphatic rings. The Balaban J connectivity index is 1.62. The van der Waals surface area contributed by atoms with Gasteiger partial charge in [0.25, 0.3) is 0 Å². The first-order valence-electron chi connectivity index (χ1n) is 6.44. The van der Waals surface area contributed by atoms with Gasteiger partial charge in [-0.2, -0.15) is 0 Å². The fourth-order valence-electron chi connectivity index (χ4n) is 3.19. The maximum atomic E-state index is 12.3. The zero-order valence-corrected chi connectivity index (χ0v) is 11.0. The fourth-order valence-corrected chi connectivity index (χ4v) is 4.41. The van der Waals surface area contributed by atoms with Crippen LogP contribution in [-0.2, 0) is 9.53 Å². The molecule has 1 aliphatic carbocycles. The number of fused-ring (bicyclic) bond motifs is 1. The van der Waals surface area contributed by atoms with E-state index in [2.05, 4.69) is 5.32 Å². The van der Waals surface area contributed by atoms with Gasteiger partial charge in [-0.15, -0.1) is 11.8 Å².